The predicted octanol–water partition coefficient (Wildman–Crippen LogP) is 6.83. The van der Waals surface area contributed by atoms with Crippen molar-refractivity contribution in [3.63, 3.8) is 0 Å². The van der Waals surface area contributed by atoms with Crippen molar-refractivity contribution in [2.45, 2.75) is 38.0 Å². The van der Waals surface area contributed by atoms with Crippen LogP contribution in [0.4, 0.5) is 5.69 Å². The fourth-order valence-corrected chi connectivity index (χ4v) is 3.52. The maximum atomic E-state index is 4.96. The minimum atomic E-state index is 0. The summed E-state index contributed by atoms with van der Waals surface area (Å²) in [4.78, 5) is 9.54. The Balaban J connectivity index is 0.000000579. The van der Waals surface area contributed by atoms with Crippen molar-refractivity contribution in [2.24, 2.45) is 4.99 Å². The van der Waals surface area contributed by atoms with Crippen LogP contribution in [0.5, 0.6) is 0 Å². The Morgan fingerprint density at radius 3 is 2.13 bits per heavy atom. The molecular weight excluding hydrogens is 404 g/mol. The number of nitrogens with zero attached hydrogens (tertiary/aromatic N) is 4. The summed E-state index contributed by atoms with van der Waals surface area (Å²) >= 11 is 0. The number of aromatic nitrogens is 1. The molecule has 0 saturated heterocycles. The second kappa shape index (κ2) is 15.1. The number of fused-ring (bicyclic) bond motifs is 1. The Hall–Kier alpha value is -1.72. The zero-order chi connectivity index (χ0) is 20.9. The van der Waals surface area contributed by atoms with Crippen LogP contribution in [0.1, 0.15) is 49.3 Å². The summed E-state index contributed by atoms with van der Waals surface area (Å²) in [6, 6.07) is 18.7. The van der Waals surface area contributed by atoms with Crippen molar-refractivity contribution in [3.05, 3.63) is 76.5 Å². The topological polar surface area (TPSA) is 54.7 Å². The van der Waals surface area contributed by atoms with E-state index in [0.29, 0.717) is 5.92 Å². The van der Waals surface area contributed by atoms with Gasteiger partial charge in [0.05, 0.1) is 5.69 Å². The van der Waals surface area contributed by atoms with Gasteiger partial charge in [0.15, 0.2) is 0 Å². The van der Waals surface area contributed by atoms with Crippen LogP contribution >= 0.6 is 0 Å². The van der Waals surface area contributed by atoms with E-state index in [0.717, 1.165) is 16.8 Å². The van der Waals surface area contributed by atoms with Gasteiger partial charge in [-0.25, -0.2) is 0 Å². The molecule has 4 nitrogen and oxygen atoms in total. The molecule has 0 aliphatic heterocycles. The zero-order valence-corrected chi connectivity index (χ0v) is 20.2. The van der Waals surface area contributed by atoms with Gasteiger partial charge in [-0.05, 0) is 41.8 Å². The Morgan fingerprint density at radius 1 is 0.867 bits per heavy atom. The maximum Gasteiger partial charge on any atom is 3.00 e. The summed E-state index contributed by atoms with van der Waals surface area (Å²) in [7, 11) is 7.00. The molecule has 0 atom stereocenters. The molecule has 1 saturated carbocycles. The van der Waals surface area contributed by atoms with Crippen LogP contribution < -0.4 is 4.98 Å². The van der Waals surface area contributed by atoms with Gasteiger partial charge in [-0.3, -0.25) is 4.99 Å². The molecule has 1 fully saturated rings. The molecule has 3 aromatic rings. The molecule has 0 unspecified atom stereocenters. The molecule has 1 aromatic heterocycles. The van der Waals surface area contributed by atoms with E-state index in [9.17, 15) is 0 Å². The largest absolute Gasteiger partial charge is 3.00 e. The van der Waals surface area contributed by atoms with E-state index < -0.39 is 0 Å². The minimum Gasteiger partial charge on any atom is -0.668 e. The van der Waals surface area contributed by atoms with Gasteiger partial charge >= 0.3 is 21.7 Å². The number of aliphatic imine (C=N–C) groups is 1. The Morgan fingerprint density at radius 2 is 1.50 bits per heavy atom. The van der Waals surface area contributed by atoms with Gasteiger partial charge in [0.1, 0.15) is 0 Å². The van der Waals surface area contributed by atoms with Gasteiger partial charge in [-0.2, -0.15) is 33.9 Å². The van der Waals surface area contributed by atoms with Crippen LogP contribution in [-0.2, 0) is 21.7 Å². The Bertz CT molecular complexity index is 850. The van der Waals surface area contributed by atoms with Gasteiger partial charge in [0.25, 0.3) is 0 Å². The van der Waals surface area contributed by atoms with E-state index in [2.05, 4.69) is 39.9 Å². The van der Waals surface area contributed by atoms with Gasteiger partial charge in [0, 0.05) is 6.21 Å². The van der Waals surface area contributed by atoms with Crippen LogP contribution in [0, 0.1) is 0 Å². The molecule has 0 bridgehead atoms. The molecular formula is C25H33N4Ti. The first kappa shape index (κ1) is 26.3. The molecule has 0 N–H and O–H groups in total. The monoisotopic (exact) mass is 437 g/mol. The van der Waals surface area contributed by atoms with Gasteiger partial charge < -0.3 is 15.6 Å². The summed E-state index contributed by atoms with van der Waals surface area (Å²) in [5.74, 6) is 0.648. The van der Waals surface area contributed by atoms with Crippen molar-refractivity contribution in [3.8, 4) is 0 Å². The van der Waals surface area contributed by atoms with E-state index in [-0.39, 0.29) is 21.7 Å². The summed E-state index contributed by atoms with van der Waals surface area (Å²) < 4.78 is 0. The van der Waals surface area contributed by atoms with E-state index in [4.69, 9.17) is 4.98 Å². The molecule has 30 heavy (non-hydrogen) atoms. The van der Waals surface area contributed by atoms with E-state index >= 15 is 0 Å². The van der Waals surface area contributed by atoms with E-state index in [1.807, 2.05) is 36.5 Å². The SMILES string of the molecule is C(=Nc1ccccc1)c1cccc2cc(C3CCCCC3)[n-]c12.C[N-]C.C[N-]C.[Ti+3]. The average molecular weight is 437 g/mol. The fourth-order valence-electron chi connectivity index (χ4n) is 3.52. The Kier molecular flexibility index (Phi) is 13.3. The van der Waals surface area contributed by atoms with Crippen LogP contribution in [0.15, 0.2) is 59.6 Å². The first-order valence-electron chi connectivity index (χ1n) is 10.3. The molecule has 4 rings (SSSR count). The quantitative estimate of drug-likeness (QED) is 0.327. The first-order valence-corrected chi connectivity index (χ1v) is 10.3. The van der Waals surface area contributed by atoms with E-state index in [1.165, 1.54) is 43.2 Å². The molecule has 5 heteroatoms. The normalized spacial score (nSPS) is 13.7. The van der Waals surface area contributed by atoms with Crippen LogP contribution in [0.25, 0.3) is 21.5 Å². The van der Waals surface area contributed by atoms with Gasteiger partial charge in [-0.1, -0.05) is 61.7 Å². The number of para-hydroxylation sites is 2. The standard InChI is InChI=1S/C21H21N2.2C2H6N.Ti/c1-3-8-16(9-4-1)20-14-17-10-7-11-18(21(17)23-20)15-22-19-12-5-2-6-13-19;2*1-3-2;/h2,5-7,10-16H,1,3-4,8-9H2;2*1-2H3;/q3*-1;+3. The summed E-state index contributed by atoms with van der Waals surface area (Å²) in [6.45, 7) is 0. The molecule has 1 heterocycles. The number of hydrogen-bond donors (Lipinski definition) is 0. The third kappa shape index (κ3) is 8.19. The van der Waals surface area contributed by atoms with Crippen molar-refractivity contribution < 1.29 is 21.7 Å². The third-order valence-corrected chi connectivity index (χ3v) is 4.78. The number of rotatable bonds is 3. The predicted molar refractivity (Wildman–Crippen MR) is 127 cm³/mol. The maximum absolute atomic E-state index is 4.96. The number of benzene rings is 2. The van der Waals surface area contributed by atoms with Crippen LogP contribution in [-0.4, -0.2) is 34.4 Å². The van der Waals surface area contributed by atoms with Crippen molar-refractivity contribution >= 4 is 22.8 Å². The molecule has 1 aliphatic carbocycles. The summed E-state index contributed by atoms with van der Waals surface area (Å²) in [6.07, 6.45) is 8.58. The van der Waals surface area contributed by atoms with Crippen molar-refractivity contribution in [1.82, 2.24) is 4.98 Å². The van der Waals surface area contributed by atoms with Crippen molar-refractivity contribution in [1.29, 1.82) is 0 Å². The molecule has 2 aromatic carbocycles. The molecule has 0 amide bonds. The second-order valence-electron chi connectivity index (χ2n) is 7.29. The second-order valence-corrected chi connectivity index (χ2v) is 7.29. The molecule has 1 radical (unpaired) electrons. The summed E-state index contributed by atoms with van der Waals surface area (Å²) in [5, 5.41) is 8.24. The number of hydrogen-bond acceptors (Lipinski definition) is 1. The first-order chi connectivity index (χ1) is 14.2. The Labute approximate surface area is 196 Å². The van der Waals surface area contributed by atoms with Crippen LogP contribution in [0.3, 0.4) is 0 Å². The molecule has 1 aliphatic rings. The smallest absolute Gasteiger partial charge is 0.668 e. The third-order valence-electron chi connectivity index (χ3n) is 4.78. The van der Waals surface area contributed by atoms with E-state index in [1.54, 1.807) is 28.2 Å². The van der Waals surface area contributed by atoms with Gasteiger partial charge in [-0.15, -0.1) is 5.52 Å². The molecule has 157 valence electrons. The zero-order valence-electron chi connectivity index (χ0n) is 18.7. The van der Waals surface area contributed by atoms with Gasteiger partial charge in [0.2, 0.25) is 0 Å². The molecule has 0 spiro atoms. The summed E-state index contributed by atoms with van der Waals surface area (Å²) in [5.41, 5.74) is 4.45. The average Bonchev–Trinajstić information content (AvgIpc) is 3.20. The fraction of sp³-hybridized carbons (Fsp3) is 0.400. The van der Waals surface area contributed by atoms with Crippen LogP contribution in [0.2, 0.25) is 0 Å². The minimum absolute atomic E-state index is 0. The van der Waals surface area contributed by atoms with Crippen molar-refractivity contribution in [2.75, 3.05) is 28.2 Å².